The van der Waals surface area contributed by atoms with Gasteiger partial charge in [0.1, 0.15) is 17.9 Å². The van der Waals surface area contributed by atoms with Crippen molar-refractivity contribution in [1.82, 2.24) is 29.6 Å². The van der Waals surface area contributed by atoms with Crippen molar-refractivity contribution in [3.05, 3.63) is 59.5 Å². The van der Waals surface area contributed by atoms with Gasteiger partial charge < -0.3 is 10.1 Å². The van der Waals surface area contributed by atoms with Crippen LogP contribution in [0.15, 0.2) is 42.7 Å². The predicted octanol–water partition coefficient (Wildman–Crippen LogP) is 3.13. The molecule has 1 N–H and O–H groups in total. The molecule has 9 heteroatoms. The molecule has 3 aromatic heterocycles. The highest BCUT2D eigenvalue weighted by Gasteiger charge is 2.33. The molecule has 0 fully saturated rings. The molecule has 1 aromatic carbocycles. The second-order valence-corrected chi connectivity index (χ2v) is 8.16. The molecule has 0 aliphatic carbocycles. The third kappa shape index (κ3) is 3.52. The molecule has 1 aliphatic rings. The molecule has 0 radical (unpaired) electrons. The van der Waals surface area contributed by atoms with Gasteiger partial charge in [-0.3, -0.25) is 4.79 Å². The Morgan fingerprint density at radius 2 is 1.97 bits per heavy atom. The second kappa shape index (κ2) is 7.50. The van der Waals surface area contributed by atoms with Gasteiger partial charge in [0.05, 0.1) is 12.3 Å². The number of hydrogen-bond donors (Lipinski definition) is 1. The summed E-state index contributed by atoms with van der Waals surface area (Å²) >= 11 is 0. The number of aryl methyl sites for hydroxylation is 1. The van der Waals surface area contributed by atoms with Crippen LogP contribution in [0.25, 0.3) is 11.5 Å². The molecule has 4 aromatic rings. The van der Waals surface area contributed by atoms with Crippen LogP contribution < -0.4 is 10.1 Å². The van der Waals surface area contributed by atoms with Crippen LogP contribution in [0.2, 0.25) is 0 Å². The van der Waals surface area contributed by atoms with Gasteiger partial charge in [-0.25, -0.2) is 0 Å². The lowest BCUT2D eigenvalue weighted by molar-refractivity contribution is -0.116. The molecule has 9 nitrogen and oxygen atoms in total. The summed E-state index contributed by atoms with van der Waals surface area (Å²) in [4.78, 5) is 12.6. The van der Waals surface area contributed by atoms with E-state index >= 15 is 0 Å². The average Bonchev–Trinajstić information content (AvgIpc) is 3.36. The number of nitrogens with one attached hydrogen (secondary N) is 1. The minimum atomic E-state index is -0.0877. The zero-order valence-corrected chi connectivity index (χ0v) is 17.6. The molecule has 5 rings (SSSR count). The smallest absolute Gasteiger partial charge is 0.226 e. The summed E-state index contributed by atoms with van der Waals surface area (Å²) in [6.07, 6.45) is 1.90. The maximum Gasteiger partial charge on any atom is 0.226 e. The quantitative estimate of drug-likeness (QED) is 0.536. The molecule has 0 bridgehead atoms. The number of anilines is 1. The molecule has 1 amide bonds. The van der Waals surface area contributed by atoms with Crippen LogP contribution >= 0.6 is 0 Å². The molecule has 0 saturated carbocycles. The predicted molar refractivity (Wildman–Crippen MR) is 115 cm³/mol. The van der Waals surface area contributed by atoms with Gasteiger partial charge in [0.2, 0.25) is 5.91 Å². The fraction of sp³-hybridized carbons (Fsp3) is 0.318. The molecule has 1 aliphatic heterocycles. The highest BCUT2D eigenvalue weighted by molar-refractivity contribution is 5.95. The Morgan fingerprint density at radius 3 is 2.74 bits per heavy atom. The third-order valence-corrected chi connectivity index (χ3v) is 5.33. The van der Waals surface area contributed by atoms with Crippen molar-refractivity contribution in [3.63, 3.8) is 0 Å². The van der Waals surface area contributed by atoms with Crippen molar-refractivity contribution in [1.29, 1.82) is 0 Å². The van der Waals surface area contributed by atoms with E-state index in [1.165, 1.54) is 6.33 Å². The Labute approximate surface area is 179 Å². The van der Waals surface area contributed by atoms with Crippen molar-refractivity contribution in [2.75, 3.05) is 11.9 Å². The standard InChI is InChI=1S/C22H23N7O2/c1-13(2)11-31-16-6-4-15(5-7-16)17-10-20(30)24-22-21(17)14(3)26-29(22)19-9-8-18-25-23-12-28(18)27-19/h4-9,12-13,17H,10-11H2,1-3H3,(H,24,30). The van der Waals surface area contributed by atoms with Gasteiger partial charge in [0.25, 0.3) is 0 Å². The van der Waals surface area contributed by atoms with E-state index in [-0.39, 0.29) is 11.8 Å². The SMILES string of the molecule is Cc1nn(-c2ccc3nncn3n2)c2c1C(c1ccc(OCC(C)C)cc1)CC(=O)N2. The van der Waals surface area contributed by atoms with Gasteiger partial charge in [0, 0.05) is 17.9 Å². The monoisotopic (exact) mass is 417 g/mol. The Bertz CT molecular complexity index is 1260. The number of hydrogen-bond acceptors (Lipinski definition) is 6. The zero-order valence-electron chi connectivity index (χ0n) is 17.6. The van der Waals surface area contributed by atoms with Gasteiger partial charge in [-0.05, 0) is 42.7 Å². The van der Waals surface area contributed by atoms with Crippen LogP contribution in [-0.4, -0.2) is 42.1 Å². The fourth-order valence-electron chi connectivity index (χ4n) is 3.89. The zero-order chi connectivity index (χ0) is 21.5. The van der Waals surface area contributed by atoms with Gasteiger partial charge in [-0.15, -0.1) is 15.3 Å². The molecular weight excluding hydrogens is 394 g/mol. The summed E-state index contributed by atoms with van der Waals surface area (Å²) < 4.78 is 9.05. The molecule has 1 unspecified atom stereocenters. The first-order valence-corrected chi connectivity index (χ1v) is 10.3. The number of ether oxygens (including phenoxy) is 1. The van der Waals surface area contributed by atoms with E-state index in [0.717, 1.165) is 22.6 Å². The summed E-state index contributed by atoms with van der Waals surface area (Å²) in [5.74, 6) is 2.38. The fourth-order valence-corrected chi connectivity index (χ4v) is 3.89. The van der Waals surface area contributed by atoms with Crippen LogP contribution in [0.1, 0.15) is 43.0 Å². The number of carbonyl (C=O) groups excluding carboxylic acids is 1. The number of fused-ring (bicyclic) bond motifs is 2. The first-order valence-electron chi connectivity index (χ1n) is 10.3. The van der Waals surface area contributed by atoms with Crippen molar-refractivity contribution in [3.8, 4) is 11.6 Å². The molecule has 4 heterocycles. The normalized spacial score (nSPS) is 15.9. The van der Waals surface area contributed by atoms with Gasteiger partial charge in [-0.1, -0.05) is 26.0 Å². The molecule has 0 spiro atoms. The van der Waals surface area contributed by atoms with Gasteiger partial charge in [-0.2, -0.15) is 14.3 Å². The van der Waals surface area contributed by atoms with Gasteiger partial charge in [0.15, 0.2) is 11.5 Å². The first-order chi connectivity index (χ1) is 15.0. The lowest BCUT2D eigenvalue weighted by atomic mass is 9.86. The first kappa shape index (κ1) is 19.2. The second-order valence-electron chi connectivity index (χ2n) is 8.16. The Morgan fingerprint density at radius 1 is 1.16 bits per heavy atom. The van der Waals surface area contributed by atoms with E-state index in [1.54, 1.807) is 9.20 Å². The van der Waals surface area contributed by atoms with Crippen LogP contribution in [-0.2, 0) is 4.79 Å². The summed E-state index contributed by atoms with van der Waals surface area (Å²) in [6, 6.07) is 11.6. The summed E-state index contributed by atoms with van der Waals surface area (Å²) in [6.45, 7) is 6.86. The summed E-state index contributed by atoms with van der Waals surface area (Å²) in [5.41, 5.74) is 3.55. The van der Waals surface area contributed by atoms with Gasteiger partial charge >= 0.3 is 0 Å². The van der Waals surface area contributed by atoms with E-state index < -0.39 is 0 Å². The van der Waals surface area contributed by atoms with E-state index in [9.17, 15) is 4.79 Å². The van der Waals surface area contributed by atoms with E-state index in [1.807, 2.05) is 43.3 Å². The maximum atomic E-state index is 12.6. The lowest BCUT2D eigenvalue weighted by Gasteiger charge is -2.24. The summed E-state index contributed by atoms with van der Waals surface area (Å²) in [7, 11) is 0. The van der Waals surface area contributed by atoms with Crippen LogP contribution in [0.3, 0.4) is 0 Å². The largest absolute Gasteiger partial charge is 0.493 e. The summed E-state index contributed by atoms with van der Waals surface area (Å²) in [5, 5.41) is 20.0. The number of carbonyl (C=O) groups is 1. The Hall–Kier alpha value is -3.75. The van der Waals surface area contributed by atoms with Crippen LogP contribution in [0.4, 0.5) is 5.82 Å². The average molecular weight is 417 g/mol. The number of amides is 1. The number of benzene rings is 1. The molecule has 31 heavy (non-hydrogen) atoms. The maximum absolute atomic E-state index is 12.6. The minimum Gasteiger partial charge on any atom is -0.493 e. The van der Waals surface area contributed by atoms with Crippen LogP contribution in [0, 0.1) is 12.8 Å². The molecular formula is C22H23N7O2. The van der Waals surface area contributed by atoms with Crippen molar-refractivity contribution in [2.24, 2.45) is 5.92 Å². The van der Waals surface area contributed by atoms with E-state index in [0.29, 0.717) is 36.2 Å². The van der Waals surface area contributed by atoms with Crippen molar-refractivity contribution < 1.29 is 9.53 Å². The van der Waals surface area contributed by atoms with Crippen LogP contribution in [0.5, 0.6) is 5.75 Å². The minimum absolute atomic E-state index is 0.0517. The van der Waals surface area contributed by atoms with E-state index in [4.69, 9.17) is 9.84 Å². The topological polar surface area (TPSA) is 99.2 Å². The van der Waals surface area contributed by atoms with Crippen molar-refractivity contribution in [2.45, 2.75) is 33.1 Å². The number of rotatable bonds is 5. The van der Waals surface area contributed by atoms with E-state index in [2.05, 4.69) is 34.5 Å². The molecule has 1 atom stereocenters. The molecule has 0 saturated heterocycles. The van der Waals surface area contributed by atoms with Crippen molar-refractivity contribution >= 4 is 17.4 Å². The molecule has 158 valence electrons. The Kier molecular flexibility index (Phi) is 4.65. The highest BCUT2D eigenvalue weighted by atomic mass is 16.5. The Balaban J connectivity index is 1.52. The number of aromatic nitrogens is 6. The highest BCUT2D eigenvalue weighted by Crippen LogP contribution is 2.40. The number of nitrogens with zero attached hydrogens (tertiary/aromatic N) is 6. The lowest BCUT2D eigenvalue weighted by Crippen LogP contribution is -2.25. The third-order valence-electron chi connectivity index (χ3n) is 5.33.